The zero-order valence-electron chi connectivity index (χ0n) is 10.7. The van der Waals surface area contributed by atoms with E-state index in [1.165, 1.54) is 31.5 Å². The Labute approximate surface area is 116 Å². The molecule has 0 amide bonds. The van der Waals surface area contributed by atoms with Crippen LogP contribution in [0, 0.1) is 0 Å². The van der Waals surface area contributed by atoms with E-state index in [4.69, 9.17) is 0 Å². The first-order chi connectivity index (χ1) is 9.54. The van der Waals surface area contributed by atoms with Gasteiger partial charge in [-0.3, -0.25) is 0 Å². The lowest BCUT2D eigenvalue weighted by Crippen LogP contribution is -2.25. The summed E-state index contributed by atoms with van der Waals surface area (Å²) < 4.78 is 31.4. The Morgan fingerprint density at radius 1 is 1.40 bits per heavy atom. The van der Waals surface area contributed by atoms with Gasteiger partial charge in [0.1, 0.15) is 5.82 Å². The molecule has 1 aromatic heterocycles. The summed E-state index contributed by atoms with van der Waals surface area (Å²) in [6.45, 7) is 0.00480. The number of aromatic amines is 1. The van der Waals surface area contributed by atoms with Gasteiger partial charge in [0.25, 0.3) is 0 Å². The van der Waals surface area contributed by atoms with Crippen molar-refractivity contribution in [1.29, 1.82) is 0 Å². The topological polar surface area (TPSA) is 101 Å². The maximum absolute atomic E-state index is 12.2. The van der Waals surface area contributed by atoms with E-state index in [0.717, 1.165) is 0 Å². The second-order valence-electron chi connectivity index (χ2n) is 3.85. The predicted octanol–water partition coefficient (Wildman–Crippen LogP) is 0.675. The van der Waals surface area contributed by atoms with Crippen molar-refractivity contribution < 1.29 is 17.9 Å². The molecular formula is C12H13N3O4S. The van der Waals surface area contributed by atoms with Gasteiger partial charge in [-0.1, -0.05) is 12.1 Å². The first-order valence-electron chi connectivity index (χ1n) is 5.70. The van der Waals surface area contributed by atoms with Crippen LogP contribution < -0.4 is 4.72 Å². The summed E-state index contributed by atoms with van der Waals surface area (Å²) in [4.78, 5) is 18.1. The number of nitrogens with one attached hydrogen (secondary N) is 2. The largest absolute Gasteiger partial charge is 0.465 e. The van der Waals surface area contributed by atoms with Crippen LogP contribution in [0.1, 0.15) is 16.2 Å². The summed E-state index contributed by atoms with van der Waals surface area (Å²) in [6, 6.07) is 5.84. The van der Waals surface area contributed by atoms with Gasteiger partial charge in [0.2, 0.25) is 10.0 Å². The number of ether oxygens (including phenoxy) is 1. The minimum Gasteiger partial charge on any atom is -0.465 e. The molecule has 0 spiro atoms. The highest BCUT2D eigenvalue weighted by atomic mass is 32.2. The summed E-state index contributed by atoms with van der Waals surface area (Å²) in [5, 5.41) is 0. The Bertz CT molecular complexity index is 695. The van der Waals surface area contributed by atoms with Crippen molar-refractivity contribution in [2.45, 2.75) is 11.4 Å². The third-order valence-corrected chi connectivity index (χ3v) is 4.03. The molecular weight excluding hydrogens is 282 g/mol. The highest BCUT2D eigenvalue weighted by Gasteiger charge is 2.22. The number of imidazole rings is 1. The average Bonchev–Trinajstić information content (AvgIpc) is 2.98. The Hall–Kier alpha value is -2.19. The fraction of sp³-hybridized carbons (Fsp3) is 0.167. The number of methoxy groups -OCH3 is 1. The molecule has 1 aromatic carbocycles. The Morgan fingerprint density at radius 2 is 2.15 bits per heavy atom. The van der Waals surface area contributed by atoms with Crippen molar-refractivity contribution in [2.75, 3.05) is 7.11 Å². The van der Waals surface area contributed by atoms with E-state index in [1.807, 2.05) is 0 Å². The van der Waals surface area contributed by atoms with Gasteiger partial charge in [0.05, 0.1) is 24.1 Å². The molecule has 8 heteroatoms. The Morgan fingerprint density at radius 3 is 2.80 bits per heavy atom. The van der Waals surface area contributed by atoms with Gasteiger partial charge in [-0.15, -0.1) is 0 Å². The van der Waals surface area contributed by atoms with Crippen LogP contribution in [0.4, 0.5) is 0 Å². The molecule has 106 valence electrons. The van der Waals surface area contributed by atoms with Crippen molar-refractivity contribution in [1.82, 2.24) is 14.7 Å². The zero-order chi connectivity index (χ0) is 14.6. The van der Waals surface area contributed by atoms with Gasteiger partial charge in [0.15, 0.2) is 0 Å². The van der Waals surface area contributed by atoms with E-state index in [1.54, 1.807) is 12.3 Å². The number of aromatic nitrogens is 2. The first kappa shape index (κ1) is 14.2. The SMILES string of the molecule is COC(=O)c1ccccc1S(=O)(=O)NCc1ncc[nH]1. The van der Waals surface area contributed by atoms with E-state index >= 15 is 0 Å². The molecule has 0 atom stereocenters. The molecule has 1 heterocycles. The molecule has 0 fully saturated rings. The van der Waals surface area contributed by atoms with Crippen LogP contribution in [0.3, 0.4) is 0 Å². The van der Waals surface area contributed by atoms with Crippen LogP contribution >= 0.6 is 0 Å². The van der Waals surface area contributed by atoms with Gasteiger partial charge in [-0.2, -0.15) is 0 Å². The third kappa shape index (κ3) is 3.03. The number of carbonyl (C=O) groups is 1. The molecule has 7 nitrogen and oxygen atoms in total. The maximum Gasteiger partial charge on any atom is 0.339 e. The minimum atomic E-state index is -3.83. The van der Waals surface area contributed by atoms with Crippen molar-refractivity contribution in [3.63, 3.8) is 0 Å². The molecule has 0 unspecified atom stereocenters. The molecule has 0 aliphatic heterocycles. The molecule has 2 aromatic rings. The van der Waals surface area contributed by atoms with Crippen molar-refractivity contribution >= 4 is 16.0 Å². The highest BCUT2D eigenvalue weighted by Crippen LogP contribution is 2.16. The average molecular weight is 295 g/mol. The molecule has 2 rings (SSSR count). The fourth-order valence-electron chi connectivity index (χ4n) is 1.62. The van der Waals surface area contributed by atoms with Crippen LogP contribution in [0.2, 0.25) is 0 Å². The molecule has 0 saturated heterocycles. The molecule has 2 N–H and O–H groups in total. The number of nitrogens with zero attached hydrogens (tertiary/aromatic N) is 1. The van der Waals surface area contributed by atoms with Crippen LogP contribution in [0.25, 0.3) is 0 Å². The standard InChI is InChI=1S/C12H13N3O4S/c1-19-12(16)9-4-2-3-5-10(9)20(17,18)15-8-11-13-6-7-14-11/h2-7,15H,8H2,1H3,(H,13,14). The molecule has 0 bridgehead atoms. The second kappa shape index (κ2) is 5.85. The number of H-pyrrole nitrogens is 1. The van der Waals surface area contributed by atoms with Crippen LogP contribution in [0.5, 0.6) is 0 Å². The van der Waals surface area contributed by atoms with E-state index < -0.39 is 16.0 Å². The monoisotopic (exact) mass is 295 g/mol. The summed E-state index contributed by atoms with van der Waals surface area (Å²) >= 11 is 0. The molecule has 0 aliphatic carbocycles. The maximum atomic E-state index is 12.2. The lowest BCUT2D eigenvalue weighted by Gasteiger charge is -2.09. The van der Waals surface area contributed by atoms with Crippen LogP contribution in [0.15, 0.2) is 41.6 Å². The minimum absolute atomic E-state index is 0.00480. The van der Waals surface area contributed by atoms with Crippen molar-refractivity contribution in [3.8, 4) is 0 Å². The van der Waals surface area contributed by atoms with Gasteiger partial charge in [-0.25, -0.2) is 22.9 Å². The second-order valence-corrected chi connectivity index (χ2v) is 5.58. The smallest absolute Gasteiger partial charge is 0.339 e. The zero-order valence-corrected chi connectivity index (χ0v) is 11.5. The van der Waals surface area contributed by atoms with Gasteiger partial charge < -0.3 is 9.72 Å². The molecule has 0 aliphatic rings. The van der Waals surface area contributed by atoms with Gasteiger partial charge >= 0.3 is 5.97 Å². The van der Waals surface area contributed by atoms with Gasteiger partial charge in [0, 0.05) is 12.4 Å². The normalized spacial score (nSPS) is 11.2. The summed E-state index contributed by atoms with van der Waals surface area (Å²) in [6.07, 6.45) is 3.11. The van der Waals surface area contributed by atoms with E-state index in [2.05, 4.69) is 19.4 Å². The third-order valence-electron chi connectivity index (χ3n) is 2.57. The van der Waals surface area contributed by atoms with Gasteiger partial charge in [-0.05, 0) is 12.1 Å². The molecule has 0 radical (unpaired) electrons. The number of carbonyl (C=O) groups excluding carboxylic acids is 1. The summed E-state index contributed by atoms with van der Waals surface area (Å²) in [5.74, 6) is -0.229. The lowest BCUT2D eigenvalue weighted by molar-refractivity contribution is 0.0596. The lowest BCUT2D eigenvalue weighted by atomic mass is 10.2. The number of sulfonamides is 1. The number of esters is 1. The molecule has 0 saturated carbocycles. The number of benzene rings is 1. The van der Waals surface area contributed by atoms with Crippen molar-refractivity contribution in [2.24, 2.45) is 0 Å². The number of hydrogen-bond acceptors (Lipinski definition) is 5. The summed E-state index contributed by atoms with van der Waals surface area (Å²) in [7, 11) is -2.64. The van der Waals surface area contributed by atoms with Crippen LogP contribution in [-0.2, 0) is 21.3 Å². The fourth-order valence-corrected chi connectivity index (χ4v) is 2.80. The predicted molar refractivity (Wildman–Crippen MR) is 70.4 cm³/mol. The highest BCUT2D eigenvalue weighted by molar-refractivity contribution is 7.89. The number of rotatable bonds is 5. The Balaban J connectivity index is 2.27. The molecule has 20 heavy (non-hydrogen) atoms. The van der Waals surface area contributed by atoms with E-state index in [-0.39, 0.29) is 17.0 Å². The Kier molecular flexibility index (Phi) is 4.16. The van der Waals surface area contributed by atoms with Crippen molar-refractivity contribution in [3.05, 3.63) is 48.0 Å². The number of hydrogen-bond donors (Lipinski definition) is 2. The van der Waals surface area contributed by atoms with E-state index in [9.17, 15) is 13.2 Å². The quantitative estimate of drug-likeness (QED) is 0.790. The summed E-state index contributed by atoms with van der Waals surface area (Å²) in [5.41, 5.74) is -0.0121. The first-order valence-corrected chi connectivity index (χ1v) is 7.18. The van der Waals surface area contributed by atoms with Crippen LogP contribution in [-0.4, -0.2) is 31.5 Å². The van der Waals surface area contributed by atoms with E-state index in [0.29, 0.717) is 5.82 Å².